The molecule has 2 N–H and O–H groups in total. The third-order valence-corrected chi connectivity index (χ3v) is 5.79. The maximum Gasteiger partial charge on any atom is 0.341 e. The molecule has 2 rings (SSSR count). The van der Waals surface area contributed by atoms with Gasteiger partial charge in [0, 0.05) is 17.8 Å². The summed E-state index contributed by atoms with van der Waals surface area (Å²) in [5, 5.41) is 6.08. The summed E-state index contributed by atoms with van der Waals surface area (Å²) < 4.78 is 5.19. The molecule has 1 fully saturated rings. The lowest BCUT2D eigenvalue weighted by molar-refractivity contribution is -0.125. The first-order valence-electron chi connectivity index (χ1n) is 8.63. The van der Waals surface area contributed by atoms with Crippen LogP contribution in [0.4, 0.5) is 5.00 Å². The number of nitrogens with one attached hydrogen (secondary N) is 2. The van der Waals surface area contributed by atoms with E-state index in [9.17, 15) is 14.4 Å². The molecule has 6 nitrogen and oxygen atoms in total. The minimum absolute atomic E-state index is 0.153. The van der Waals surface area contributed by atoms with Crippen molar-refractivity contribution in [3.8, 4) is 0 Å². The van der Waals surface area contributed by atoms with Crippen LogP contribution in [0, 0.1) is 19.8 Å². The van der Waals surface area contributed by atoms with E-state index in [2.05, 4.69) is 17.6 Å². The highest BCUT2D eigenvalue weighted by Gasteiger charge is 2.25. The molecule has 1 aliphatic rings. The number of carbonyl (C=O) groups is 3. The number of amides is 2. The molecule has 138 valence electrons. The minimum Gasteiger partial charge on any atom is -0.452 e. The molecule has 2 amide bonds. The van der Waals surface area contributed by atoms with Crippen LogP contribution in [0.15, 0.2) is 0 Å². The van der Waals surface area contributed by atoms with E-state index < -0.39 is 5.97 Å². The first-order valence-corrected chi connectivity index (χ1v) is 9.45. The Balaban J connectivity index is 1.95. The van der Waals surface area contributed by atoms with Crippen LogP contribution < -0.4 is 10.6 Å². The molecule has 0 bridgehead atoms. The van der Waals surface area contributed by atoms with E-state index in [1.54, 1.807) is 6.92 Å². The van der Waals surface area contributed by atoms with Crippen molar-refractivity contribution in [1.29, 1.82) is 0 Å². The van der Waals surface area contributed by atoms with Crippen molar-refractivity contribution in [3.63, 3.8) is 0 Å². The van der Waals surface area contributed by atoms with E-state index >= 15 is 0 Å². The second-order valence-corrected chi connectivity index (χ2v) is 7.91. The number of anilines is 1. The Morgan fingerprint density at radius 1 is 1.20 bits per heavy atom. The lowest BCUT2D eigenvalue weighted by Crippen LogP contribution is -2.42. The predicted octanol–water partition coefficient (Wildman–Crippen LogP) is 3.18. The summed E-state index contributed by atoms with van der Waals surface area (Å²) in [6, 6.07) is 0.153. The number of hydrogen-bond donors (Lipinski definition) is 2. The fourth-order valence-electron chi connectivity index (χ4n) is 3.10. The molecule has 0 aromatic carbocycles. The lowest BCUT2D eigenvalue weighted by Gasteiger charge is -2.29. The maximum atomic E-state index is 12.4. The van der Waals surface area contributed by atoms with Gasteiger partial charge >= 0.3 is 5.97 Å². The molecule has 7 heteroatoms. The molecule has 0 aliphatic heterocycles. The molecular weight excluding hydrogens is 340 g/mol. The van der Waals surface area contributed by atoms with E-state index in [0.717, 1.165) is 29.7 Å². The van der Waals surface area contributed by atoms with Gasteiger partial charge in [0.05, 0.1) is 5.56 Å². The lowest BCUT2D eigenvalue weighted by atomic mass is 9.86. The van der Waals surface area contributed by atoms with Crippen molar-refractivity contribution in [2.75, 3.05) is 11.9 Å². The van der Waals surface area contributed by atoms with Crippen LogP contribution in [-0.4, -0.2) is 30.4 Å². The summed E-state index contributed by atoms with van der Waals surface area (Å²) >= 11 is 1.33. The second-order valence-electron chi connectivity index (χ2n) is 6.68. The summed E-state index contributed by atoms with van der Waals surface area (Å²) in [6.07, 6.45) is 4.39. The van der Waals surface area contributed by atoms with Crippen LogP contribution in [0.25, 0.3) is 0 Å². The number of thiophene rings is 1. The van der Waals surface area contributed by atoms with Crippen molar-refractivity contribution < 1.29 is 19.1 Å². The van der Waals surface area contributed by atoms with Crippen LogP contribution in [-0.2, 0) is 14.3 Å². The molecule has 0 radical (unpaired) electrons. The highest BCUT2D eigenvalue weighted by Crippen LogP contribution is 2.33. The molecule has 25 heavy (non-hydrogen) atoms. The van der Waals surface area contributed by atoms with E-state index in [-0.39, 0.29) is 24.5 Å². The van der Waals surface area contributed by atoms with Crippen molar-refractivity contribution in [1.82, 2.24) is 5.32 Å². The molecule has 1 aromatic rings. The molecule has 2 atom stereocenters. The van der Waals surface area contributed by atoms with E-state index in [1.807, 2.05) is 6.92 Å². The summed E-state index contributed by atoms with van der Waals surface area (Å²) in [5.41, 5.74) is 1.09. The SMILES string of the molecule is CC(=O)Nc1sc(C)c(C)c1C(=O)OCC(=O)N[C@@H]1CCCC[C@H]1C. The number of ether oxygens (including phenoxy) is 1. The summed E-state index contributed by atoms with van der Waals surface area (Å²) in [6.45, 7) is 6.89. The predicted molar refractivity (Wildman–Crippen MR) is 97.9 cm³/mol. The Bertz CT molecular complexity index is 668. The molecule has 0 unspecified atom stereocenters. The van der Waals surface area contributed by atoms with Gasteiger partial charge in [0.25, 0.3) is 5.91 Å². The Labute approximate surface area is 152 Å². The van der Waals surface area contributed by atoms with Crippen molar-refractivity contribution in [2.45, 2.75) is 59.4 Å². The van der Waals surface area contributed by atoms with Gasteiger partial charge in [-0.2, -0.15) is 0 Å². The van der Waals surface area contributed by atoms with Crippen molar-refractivity contribution in [3.05, 3.63) is 16.0 Å². The van der Waals surface area contributed by atoms with E-state index in [4.69, 9.17) is 4.74 Å². The summed E-state index contributed by atoms with van der Waals surface area (Å²) in [7, 11) is 0. The van der Waals surface area contributed by atoms with Crippen LogP contribution in [0.1, 0.15) is 60.3 Å². The quantitative estimate of drug-likeness (QED) is 0.784. The molecule has 0 spiro atoms. The zero-order chi connectivity index (χ0) is 18.6. The van der Waals surface area contributed by atoms with Gasteiger partial charge in [-0.3, -0.25) is 9.59 Å². The summed E-state index contributed by atoms with van der Waals surface area (Å²) in [4.78, 5) is 36.7. The topological polar surface area (TPSA) is 84.5 Å². The van der Waals surface area contributed by atoms with Gasteiger partial charge in [-0.15, -0.1) is 11.3 Å². The number of rotatable bonds is 5. The fourth-order valence-corrected chi connectivity index (χ4v) is 4.20. The average molecular weight is 366 g/mol. The smallest absolute Gasteiger partial charge is 0.341 e. The van der Waals surface area contributed by atoms with Crippen LogP contribution in [0.5, 0.6) is 0 Å². The maximum absolute atomic E-state index is 12.4. The summed E-state index contributed by atoms with van der Waals surface area (Å²) in [5.74, 6) is -0.670. The first kappa shape index (κ1) is 19.4. The largest absolute Gasteiger partial charge is 0.452 e. The van der Waals surface area contributed by atoms with Crippen LogP contribution in [0.3, 0.4) is 0 Å². The zero-order valence-electron chi connectivity index (χ0n) is 15.2. The third kappa shape index (κ3) is 5.04. The van der Waals surface area contributed by atoms with Gasteiger partial charge in [0.2, 0.25) is 5.91 Å². The molecule has 1 aliphatic carbocycles. The number of esters is 1. The minimum atomic E-state index is -0.586. The Morgan fingerprint density at radius 3 is 2.52 bits per heavy atom. The highest BCUT2D eigenvalue weighted by molar-refractivity contribution is 7.16. The van der Waals surface area contributed by atoms with Crippen LogP contribution >= 0.6 is 11.3 Å². The monoisotopic (exact) mass is 366 g/mol. The Hall–Kier alpha value is -1.89. The highest BCUT2D eigenvalue weighted by atomic mass is 32.1. The molecular formula is C18H26N2O4S. The third-order valence-electron chi connectivity index (χ3n) is 4.67. The molecule has 1 saturated carbocycles. The van der Waals surface area contributed by atoms with Crippen molar-refractivity contribution >= 4 is 34.1 Å². The molecule has 1 aromatic heterocycles. The van der Waals surface area contributed by atoms with Gasteiger partial charge in [-0.05, 0) is 38.2 Å². The van der Waals surface area contributed by atoms with E-state index in [0.29, 0.717) is 16.5 Å². The molecule has 0 saturated heterocycles. The zero-order valence-corrected chi connectivity index (χ0v) is 16.0. The van der Waals surface area contributed by atoms with Gasteiger partial charge in [0.1, 0.15) is 5.00 Å². The van der Waals surface area contributed by atoms with Gasteiger partial charge < -0.3 is 15.4 Å². The molecule has 1 heterocycles. The van der Waals surface area contributed by atoms with Crippen LogP contribution in [0.2, 0.25) is 0 Å². The average Bonchev–Trinajstić information content (AvgIpc) is 2.81. The van der Waals surface area contributed by atoms with E-state index in [1.165, 1.54) is 24.7 Å². The second kappa shape index (κ2) is 8.47. The normalized spacial score (nSPS) is 20.0. The fraction of sp³-hybridized carbons (Fsp3) is 0.611. The van der Waals surface area contributed by atoms with Gasteiger partial charge in [-0.1, -0.05) is 19.8 Å². The van der Waals surface area contributed by atoms with Gasteiger partial charge in [0.15, 0.2) is 6.61 Å². The standard InChI is InChI=1S/C18H26N2O4S/c1-10-7-5-6-8-14(10)20-15(22)9-24-18(23)16-11(2)12(3)25-17(16)19-13(4)21/h10,14H,5-9H2,1-4H3,(H,19,21)(H,20,22)/t10-,14-/m1/s1. The number of aryl methyl sites for hydroxylation is 1. The van der Waals surface area contributed by atoms with Crippen molar-refractivity contribution in [2.24, 2.45) is 5.92 Å². The Kier molecular flexibility index (Phi) is 6.58. The first-order chi connectivity index (χ1) is 11.8. The Morgan fingerprint density at radius 2 is 1.88 bits per heavy atom. The number of carbonyl (C=O) groups excluding carboxylic acids is 3. The number of hydrogen-bond acceptors (Lipinski definition) is 5. The van der Waals surface area contributed by atoms with Gasteiger partial charge in [-0.25, -0.2) is 4.79 Å².